The fourth-order valence-corrected chi connectivity index (χ4v) is 7.19. The summed E-state index contributed by atoms with van der Waals surface area (Å²) in [7, 11) is 0. The Kier molecular flexibility index (Phi) is 25.3. The number of carbonyl (C=O) groups excluding carboxylic acids is 3. The van der Waals surface area contributed by atoms with E-state index < -0.39 is 66.8 Å². The topological polar surface area (TPSA) is 200 Å². The summed E-state index contributed by atoms with van der Waals surface area (Å²) in [4.78, 5) is 53.7. The van der Waals surface area contributed by atoms with Crippen molar-refractivity contribution in [3.8, 4) is 0 Å². The number of unbranched alkanes of at least 4 members (excludes halogenated alkanes) is 17. The maximum absolute atomic E-state index is 14.4. The van der Waals surface area contributed by atoms with Gasteiger partial charge in [0.25, 0.3) is 0 Å². The molecule has 0 spiro atoms. The zero-order valence-electron chi connectivity index (χ0n) is 33.0. The summed E-state index contributed by atoms with van der Waals surface area (Å²) in [5, 5.41) is 44.3. The molecule has 1 heterocycles. The predicted octanol–water partition coefficient (Wildman–Crippen LogP) is 5.96. The van der Waals surface area contributed by atoms with Crippen molar-refractivity contribution in [1.82, 2.24) is 10.2 Å². The molecule has 1 saturated heterocycles. The van der Waals surface area contributed by atoms with Gasteiger partial charge in [0.2, 0.25) is 17.7 Å². The number of nitrogens with one attached hydrogen (secondary N) is 1. The molecular weight excluding hydrogens is 666 g/mol. The zero-order valence-corrected chi connectivity index (χ0v) is 33.0. The van der Waals surface area contributed by atoms with E-state index in [0.717, 1.165) is 51.4 Å². The first-order valence-electron chi connectivity index (χ1n) is 20.6. The fraction of sp³-hybridized carbons (Fsp3) is 0.900. The minimum atomic E-state index is -2.22. The molecule has 12 nitrogen and oxygen atoms in total. The van der Waals surface area contributed by atoms with Crippen LogP contribution in [0.3, 0.4) is 0 Å². The number of aliphatic hydroxyl groups excluding tert-OH is 3. The number of ketones is 1. The third-order valence-electron chi connectivity index (χ3n) is 10.2. The molecular formula is C40H75N3O9. The Morgan fingerprint density at radius 1 is 0.731 bits per heavy atom. The number of carboxylic acid groups (broad SMARTS) is 1. The van der Waals surface area contributed by atoms with Crippen LogP contribution in [0.15, 0.2) is 0 Å². The lowest BCUT2D eigenvalue weighted by Gasteiger charge is -2.53. The third kappa shape index (κ3) is 17.8. The summed E-state index contributed by atoms with van der Waals surface area (Å²) >= 11 is 0. The third-order valence-corrected chi connectivity index (χ3v) is 10.2. The van der Waals surface area contributed by atoms with Crippen LogP contribution in [0.2, 0.25) is 0 Å². The van der Waals surface area contributed by atoms with Crippen LogP contribution in [-0.4, -0.2) is 92.2 Å². The highest BCUT2D eigenvalue weighted by Crippen LogP contribution is 2.37. The molecule has 0 aromatic heterocycles. The molecule has 1 fully saturated rings. The number of nitrogens with zero attached hydrogens (tertiary/aromatic N) is 1. The molecule has 0 saturated carbocycles. The summed E-state index contributed by atoms with van der Waals surface area (Å²) in [5.41, 5.74) is 6.99. The Hall–Kier alpha value is -2.12. The van der Waals surface area contributed by atoms with Crippen molar-refractivity contribution in [2.75, 3.05) is 13.2 Å². The van der Waals surface area contributed by atoms with Crippen molar-refractivity contribution in [2.45, 2.75) is 206 Å². The van der Waals surface area contributed by atoms with Gasteiger partial charge in [0.15, 0.2) is 5.78 Å². The van der Waals surface area contributed by atoms with Gasteiger partial charge >= 0.3 is 5.97 Å². The molecule has 0 aliphatic carbocycles. The lowest BCUT2D eigenvalue weighted by molar-refractivity contribution is -0.292. The Morgan fingerprint density at radius 3 is 1.67 bits per heavy atom. The number of carboxylic acids is 1. The molecule has 2 amide bonds. The Morgan fingerprint density at radius 2 is 1.21 bits per heavy atom. The summed E-state index contributed by atoms with van der Waals surface area (Å²) in [5.74, 6) is -6.88. The van der Waals surface area contributed by atoms with E-state index >= 15 is 0 Å². The van der Waals surface area contributed by atoms with Crippen molar-refractivity contribution in [1.29, 1.82) is 0 Å². The van der Waals surface area contributed by atoms with Gasteiger partial charge in [-0.1, -0.05) is 137 Å². The van der Waals surface area contributed by atoms with E-state index in [-0.39, 0.29) is 37.6 Å². The molecule has 0 aromatic carbocycles. The molecule has 12 heteroatoms. The van der Waals surface area contributed by atoms with E-state index in [1.807, 2.05) is 13.8 Å². The second-order valence-electron chi connectivity index (χ2n) is 15.4. The minimum absolute atomic E-state index is 0.103. The zero-order chi connectivity index (χ0) is 38.9. The highest BCUT2D eigenvalue weighted by atomic mass is 16.6. The van der Waals surface area contributed by atoms with Crippen molar-refractivity contribution in [3.05, 3.63) is 0 Å². The number of hydrogen-bond donors (Lipinski definition) is 6. The normalized spacial score (nSPS) is 22.3. The summed E-state index contributed by atoms with van der Waals surface area (Å²) in [6.07, 6.45) is 15.0. The minimum Gasteiger partial charge on any atom is -0.481 e. The van der Waals surface area contributed by atoms with Crippen molar-refractivity contribution < 1.29 is 44.3 Å². The smallest absolute Gasteiger partial charge is 0.303 e. The lowest BCUT2D eigenvalue weighted by atomic mass is 9.79. The van der Waals surface area contributed by atoms with Crippen LogP contribution in [0, 0.1) is 11.8 Å². The molecule has 6 atom stereocenters. The summed E-state index contributed by atoms with van der Waals surface area (Å²) in [6, 6.07) is -1.20. The second kappa shape index (κ2) is 27.5. The van der Waals surface area contributed by atoms with Gasteiger partial charge in [0.1, 0.15) is 18.1 Å². The van der Waals surface area contributed by atoms with Crippen LogP contribution in [0.4, 0.5) is 0 Å². The first kappa shape index (κ1) is 47.9. The molecule has 1 aliphatic rings. The van der Waals surface area contributed by atoms with E-state index in [9.17, 15) is 34.5 Å². The van der Waals surface area contributed by atoms with E-state index in [1.165, 1.54) is 62.7 Å². The number of rotatable bonds is 31. The number of Topliss-reactive ketones (excluding diaryl/α,β-unsaturated/α-hetero) is 1. The van der Waals surface area contributed by atoms with Crippen LogP contribution < -0.4 is 11.1 Å². The number of amides is 2. The molecule has 7 N–H and O–H groups in total. The number of aliphatic hydroxyl groups is 3. The monoisotopic (exact) mass is 742 g/mol. The van der Waals surface area contributed by atoms with Gasteiger partial charge in [0.05, 0.1) is 25.2 Å². The quantitative estimate of drug-likeness (QED) is 0.0364. The van der Waals surface area contributed by atoms with Gasteiger partial charge in [-0.2, -0.15) is 0 Å². The highest BCUT2D eigenvalue weighted by molar-refractivity contribution is 5.93. The van der Waals surface area contributed by atoms with Crippen LogP contribution in [-0.2, 0) is 23.9 Å². The average Bonchev–Trinajstić information content (AvgIpc) is 3.09. The average molecular weight is 742 g/mol. The molecule has 52 heavy (non-hydrogen) atoms. The number of ether oxygens (including phenoxy) is 1. The first-order chi connectivity index (χ1) is 24.8. The van der Waals surface area contributed by atoms with Gasteiger partial charge in [-0.3, -0.25) is 24.9 Å². The maximum atomic E-state index is 14.4. The van der Waals surface area contributed by atoms with Crippen molar-refractivity contribution in [2.24, 2.45) is 17.6 Å². The summed E-state index contributed by atoms with van der Waals surface area (Å²) < 4.78 is 6.11. The Bertz CT molecular complexity index is 1010. The summed E-state index contributed by atoms with van der Waals surface area (Å²) in [6.45, 7) is 7.52. The van der Waals surface area contributed by atoms with Crippen molar-refractivity contribution >= 4 is 23.6 Å². The van der Waals surface area contributed by atoms with Crippen LogP contribution >= 0.6 is 0 Å². The molecule has 0 unspecified atom stereocenters. The second-order valence-corrected chi connectivity index (χ2v) is 15.4. The highest BCUT2D eigenvalue weighted by Gasteiger charge is 2.59. The number of aliphatic carboxylic acids is 1. The van der Waals surface area contributed by atoms with E-state index in [1.54, 1.807) is 0 Å². The fourth-order valence-electron chi connectivity index (χ4n) is 7.19. The largest absolute Gasteiger partial charge is 0.481 e. The SMILES string of the molecule is CCCCCCCCCCCCN(C(=O)CCCCCCCCCCC)[C@]1(N)O[C@H](CO)[C@@H](O)[C@H](O)[C@H]1C(=O)[C@H](CC(C)C)NC(=O)CCC(=O)O. The van der Waals surface area contributed by atoms with Gasteiger partial charge in [-0.15, -0.1) is 0 Å². The Labute approximate surface area is 314 Å². The molecule has 0 bridgehead atoms. The number of nitrogens with two attached hydrogens (primary N) is 1. The van der Waals surface area contributed by atoms with Crippen LogP contribution in [0.5, 0.6) is 0 Å². The van der Waals surface area contributed by atoms with Crippen LogP contribution in [0.1, 0.15) is 175 Å². The van der Waals surface area contributed by atoms with Crippen LogP contribution in [0.25, 0.3) is 0 Å². The van der Waals surface area contributed by atoms with Crippen molar-refractivity contribution in [3.63, 3.8) is 0 Å². The maximum Gasteiger partial charge on any atom is 0.303 e. The predicted molar refractivity (Wildman–Crippen MR) is 203 cm³/mol. The molecule has 0 radical (unpaired) electrons. The standard InChI is InChI=1S/C40H75N3O9/c1-5-7-9-11-13-15-17-19-21-23-27-43(34(46)24-22-20-18-16-14-12-10-8-6-2)40(41)36(39(51)38(50)32(29-44)52-40)37(49)31(28-30(3)4)42-33(45)25-26-35(47)48/h30-32,36,38-39,44,50-51H,5-29,41H2,1-4H3,(H,42,45)(H,47,48)/t31-,32+,36+,38+,39+,40-/m0/s1. The van der Waals surface area contributed by atoms with Gasteiger partial charge < -0.3 is 35.4 Å². The van der Waals surface area contributed by atoms with Gasteiger partial charge in [-0.05, 0) is 25.2 Å². The Balaban J connectivity index is 3.27. The number of hydrogen-bond acceptors (Lipinski definition) is 9. The van der Waals surface area contributed by atoms with Gasteiger partial charge in [0, 0.05) is 19.4 Å². The van der Waals surface area contributed by atoms with E-state index in [4.69, 9.17) is 15.6 Å². The van der Waals surface area contributed by atoms with E-state index in [2.05, 4.69) is 19.2 Å². The molecule has 0 aromatic rings. The number of carbonyl (C=O) groups is 4. The van der Waals surface area contributed by atoms with Gasteiger partial charge in [-0.25, -0.2) is 0 Å². The van der Waals surface area contributed by atoms with E-state index in [0.29, 0.717) is 12.8 Å². The lowest BCUT2D eigenvalue weighted by Crippen LogP contribution is -2.76. The first-order valence-corrected chi connectivity index (χ1v) is 20.6. The molecule has 1 aliphatic heterocycles. The molecule has 1 rings (SSSR count). The molecule has 304 valence electrons.